The number of nitrogens with zero attached hydrogens (tertiary/aromatic N) is 8. The van der Waals surface area contributed by atoms with E-state index in [4.69, 9.17) is 0 Å². The zero-order chi connectivity index (χ0) is 51.1. The molecule has 3 N–H and O–H groups in total. The smallest absolute Gasteiger partial charge is 0.871 e. The molecule has 0 heterocycles. The Kier molecular flexibility index (Phi) is 18.5. The molecule has 0 aromatic heterocycles. The van der Waals surface area contributed by atoms with Crippen LogP contribution in [0.25, 0.3) is 43.4 Å². The minimum atomic E-state index is -4.84. The van der Waals surface area contributed by atoms with Gasteiger partial charge in [-0.05, 0) is 94.4 Å². The van der Waals surface area contributed by atoms with Crippen molar-refractivity contribution in [2.75, 3.05) is 0 Å². The largest absolute Gasteiger partial charge is 1.00 e. The summed E-state index contributed by atoms with van der Waals surface area (Å²) in [5, 5.41) is 73.2. The molecule has 20 nitrogen and oxygen atoms in total. The van der Waals surface area contributed by atoms with Gasteiger partial charge in [0.2, 0.25) is 0 Å². The van der Waals surface area contributed by atoms with Gasteiger partial charge in [-0.2, -0.15) is 55.9 Å². The second-order valence-electron chi connectivity index (χ2n) is 15.8. The molecule has 0 fully saturated rings. The van der Waals surface area contributed by atoms with Gasteiger partial charge in [-0.15, -0.1) is 10.2 Å². The van der Waals surface area contributed by atoms with Crippen LogP contribution in [0, 0.1) is 6.92 Å². The van der Waals surface area contributed by atoms with Crippen LogP contribution < -0.4 is 104 Å². The third-order valence-corrected chi connectivity index (χ3v) is 13.8. The van der Waals surface area contributed by atoms with Crippen molar-refractivity contribution in [1.29, 1.82) is 0 Å². The average molecular weight is 1090 g/mol. The van der Waals surface area contributed by atoms with Crippen LogP contribution in [-0.4, -0.2) is 38.9 Å². The molecule has 0 radical (unpaired) electrons. The summed E-state index contributed by atoms with van der Waals surface area (Å²) in [4.78, 5) is -1.62. The molecule has 0 aliphatic rings. The number of benzene rings is 9. The van der Waals surface area contributed by atoms with E-state index in [0.717, 1.165) is 29.3 Å². The van der Waals surface area contributed by atoms with Crippen LogP contribution in [0.1, 0.15) is 5.56 Å². The summed E-state index contributed by atoms with van der Waals surface area (Å²) in [6, 6.07) is 36.4. The maximum atomic E-state index is 13.5. The molecule has 26 heteroatoms. The van der Waals surface area contributed by atoms with E-state index in [2.05, 4.69) is 40.9 Å². The van der Waals surface area contributed by atoms with Crippen LogP contribution in [-0.2, 0) is 30.4 Å². The van der Waals surface area contributed by atoms with Crippen LogP contribution in [0.15, 0.2) is 207 Å². The first kappa shape index (κ1) is 58.5. The van der Waals surface area contributed by atoms with E-state index in [1.165, 1.54) is 78.9 Å². The van der Waals surface area contributed by atoms with Gasteiger partial charge in [0.15, 0.2) is 0 Å². The fourth-order valence-electron chi connectivity index (χ4n) is 7.59. The molecule has 0 saturated heterocycles. The van der Waals surface area contributed by atoms with E-state index in [9.17, 15) is 54.2 Å². The van der Waals surface area contributed by atoms with E-state index in [1.807, 2.05) is 0 Å². The molecular formula is C49H31N8Na3O12S3. The normalized spacial score (nSPS) is 12.2. The van der Waals surface area contributed by atoms with E-state index in [1.54, 1.807) is 61.5 Å². The molecular weight excluding hydrogens is 1060 g/mol. The summed E-state index contributed by atoms with van der Waals surface area (Å²) in [7, 11) is -14.3. The number of rotatable bonds is 12. The Labute approximate surface area is 493 Å². The molecule has 0 saturated carbocycles. The average Bonchev–Trinajstić information content (AvgIpc) is 3.35. The van der Waals surface area contributed by atoms with Crippen LogP contribution in [0.3, 0.4) is 0 Å². The van der Waals surface area contributed by atoms with Crippen molar-refractivity contribution >= 4 is 108 Å². The number of aryl methyl sites for hydroxylation is 1. The minimum Gasteiger partial charge on any atom is -0.871 e. The summed E-state index contributed by atoms with van der Waals surface area (Å²) in [6.45, 7) is 1.61. The summed E-state index contributed by atoms with van der Waals surface area (Å²) in [6.07, 6.45) is 0. The third-order valence-electron chi connectivity index (χ3n) is 11.1. The van der Waals surface area contributed by atoms with Gasteiger partial charge in [-0.1, -0.05) is 114 Å². The fourth-order valence-corrected chi connectivity index (χ4v) is 9.73. The summed E-state index contributed by atoms with van der Waals surface area (Å²) in [5.41, 5.74) is 1.47. The first-order valence-electron chi connectivity index (χ1n) is 20.9. The van der Waals surface area contributed by atoms with E-state index in [0.29, 0.717) is 16.9 Å². The SMILES string of the molecule is Cc1cc(N=Nc2ccc(-c3ccc(N=Nc4cc(S(=O)(=O)O)c5ccccc5c4[O-])cc3)cc2)c(N=Nc2cc(S(=O)(=O)O)c3ccccc3c2[O-])cc1N=Nc1cc(S(=O)(=O)O)c2ccccc2c1[O-].[Na+].[Na+].[Na+]. The second-order valence-corrected chi connectivity index (χ2v) is 19.9. The molecule has 9 rings (SSSR count). The van der Waals surface area contributed by atoms with Gasteiger partial charge in [-0.3, -0.25) is 13.7 Å². The van der Waals surface area contributed by atoms with Gasteiger partial charge in [0.1, 0.15) is 26.1 Å². The number of azo groups is 4. The molecule has 9 aromatic carbocycles. The fraction of sp³-hybridized carbons (Fsp3) is 0.0204. The molecule has 0 atom stereocenters. The van der Waals surface area contributed by atoms with Gasteiger partial charge in [-0.25, -0.2) is 0 Å². The Morgan fingerprint density at radius 3 is 0.933 bits per heavy atom. The Balaban J connectivity index is 0.00000305. The first-order valence-corrected chi connectivity index (χ1v) is 25.2. The predicted octanol–water partition coefficient (Wildman–Crippen LogP) is 2.76. The van der Waals surface area contributed by atoms with Crippen LogP contribution in [0.2, 0.25) is 0 Å². The number of fused-ring (bicyclic) bond motifs is 3. The molecule has 0 bridgehead atoms. The number of hydrogen-bond donors (Lipinski definition) is 3. The van der Waals surface area contributed by atoms with Crippen molar-refractivity contribution in [2.45, 2.75) is 21.6 Å². The molecule has 0 unspecified atom stereocenters. The quantitative estimate of drug-likeness (QED) is 0.0904. The van der Waals surface area contributed by atoms with Crippen molar-refractivity contribution in [3.05, 3.63) is 157 Å². The minimum absolute atomic E-state index is 0. The van der Waals surface area contributed by atoms with E-state index >= 15 is 0 Å². The third kappa shape index (κ3) is 12.8. The Bertz CT molecular complexity index is 4190. The van der Waals surface area contributed by atoms with Crippen molar-refractivity contribution in [3.8, 4) is 28.4 Å². The molecule has 360 valence electrons. The van der Waals surface area contributed by atoms with E-state index < -0.39 is 73.7 Å². The van der Waals surface area contributed by atoms with Gasteiger partial charge in [0.05, 0.1) is 34.1 Å². The summed E-state index contributed by atoms with van der Waals surface area (Å²) >= 11 is 0. The van der Waals surface area contributed by atoms with Crippen molar-refractivity contribution in [1.82, 2.24) is 0 Å². The zero-order valence-corrected chi connectivity index (χ0v) is 48.2. The van der Waals surface area contributed by atoms with Crippen molar-refractivity contribution < 1.29 is 143 Å². The van der Waals surface area contributed by atoms with Crippen LogP contribution in [0.4, 0.5) is 45.5 Å². The summed E-state index contributed by atoms with van der Waals surface area (Å²) in [5.74, 6) is -1.96. The molecule has 9 aromatic rings. The topological polar surface area (TPSA) is 331 Å². The van der Waals surface area contributed by atoms with Crippen LogP contribution >= 0.6 is 0 Å². The monoisotopic (exact) mass is 1090 g/mol. The van der Waals surface area contributed by atoms with Crippen LogP contribution in [0.5, 0.6) is 17.2 Å². The van der Waals surface area contributed by atoms with Gasteiger partial charge in [0.25, 0.3) is 30.4 Å². The molecule has 0 amide bonds. The van der Waals surface area contributed by atoms with Gasteiger partial charge < -0.3 is 15.3 Å². The Morgan fingerprint density at radius 1 is 0.333 bits per heavy atom. The van der Waals surface area contributed by atoms with Crippen molar-refractivity contribution in [2.24, 2.45) is 40.9 Å². The standard InChI is InChI=1S/C49H34N8O12S3.3Na/c1-27-22-39(53-50-30-18-14-28(15-19-30)29-16-20-31(21-17-29)51-55-41-24-44(70(61,62)63)32-8-2-5-11-35(32)47(41)58)40(54-57-43-26-46(72(67,68)69)34-10-4-7-13-37(34)49(43)60)23-38(27)52-56-42-25-45(71(64,65)66)33-9-3-6-12-36(33)48(42)59;;;/h2-26,58-60H,1H3,(H,61,62,63)(H,64,65,66)(H,67,68,69);;;/q;3*+1/p-3. The first-order chi connectivity index (χ1) is 34.2. The van der Waals surface area contributed by atoms with Crippen molar-refractivity contribution in [3.63, 3.8) is 0 Å². The van der Waals surface area contributed by atoms with Gasteiger partial charge >= 0.3 is 88.7 Å². The maximum absolute atomic E-state index is 13.5. The Morgan fingerprint density at radius 2 is 0.600 bits per heavy atom. The zero-order valence-electron chi connectivity index (χ0n) is 39.8. The second kappa shape index (κ2) is 23.7. The number of hydrogen-bond acceptors (Lipinski definition) is 17. The molecule has 0 aliphatic heterocycles. The Hall–Kier alpha value is -5.71. The summed E-state index contributed by atoms with van der Waals surface area (Å²) < 4.78 is 103. The van der Waals surface area contributed by atoms with Gasteiger partial charge in [0, 0.05) is 16.2 Å². The van der Waals surface area contributed by atoms with E-state index in [-0.39, 0.29) is 144 Å². The predicted molar refractivity (Wildman–Crippen MR) is 259 cm³/mol. The molecule has 0 spiro atoms. The maximum Gasteiger partial charge on any atom is 1.00 e. The molecule has 0 aliphatic carbocycles. The molecule has 75 heavy (non-hydrogen) atoms.